The lowest BCUT2D eigenvalue weighted by molar-refractivity contribution is 1.29. The van der Waals surface area contributed by atoms with Gasteiger partial charge in [-0.15, -0.1) is 0 Å². The first-order chi connectivity index (χ1) is 5.00. The standard InChI is InChI=1S/C11H16/c1-7-11(9(4)5)10(6)8(2)3/h7H,1-2,4H2,3,5-6H3/b11-10-. The summed E-state index contributed by atoms with van der Waals surface area (Å²) in [5.74, 6) is 0. The second kappa shape index (κ2) is 3.97. The van der Waals surface area contributed by atoms with E-state index < -0.39 is 0 Å². The maximum atomic E-state index is 3.86. The van der Waals surface area contributed by atoms with Gasteiger partial charge < -0.3 is 0 Å². The van der Waals surface area contributed by atoms with Crippen LogP contribution in [0.3, 0.4) is 0 Å². The van der Waals surface area contributed by atoms with Gasteiger partial charge in [0.15, 0.2) is 0 Å². The van der Waals surface area contributed by atoms with E-state index in [4.69, 9.17) is 0 Å². The molecule has 0 unspecified atom stereocenters. The van der Waals surface area contributed by atoms with Gasteiger partial charge in [0, 0.05) is 0 Å². The molecule has 0 spiro atoms. The third-order valence-corrected chi connectivity index (χ3v) is 1.71. The van der Waals surface area contributed by atoms with Crippen molar-refractivity contribution in [2.45, 2.75) is 20.8 Å². The summed E-state index contributed by atoms with van der Waals surface area (Å²) in [5, 5.41) is 0. The fraction of sp³-hybridized carbons (Fsp3) is 0.273. The molecule has 0 amide bonds. The molecule has 0 heteroatoms. The molecule has 0 saturated carbocycles. The van der Waals surface area contributed by atoms with Crippen molar-refractivity contribution < 1.29 is 0 Å². The third-order valence-electron chi connectivity index (χ3n) is 1.71. The van der Waals surface area contributed by atoms with Gasteiger partial charge in [0.1, 0.15) is 0 Å². The molecular formula is C11H16. The van der Waals surface area contributed by atoms with Crippen molar-refractivity contribution in [3.8, 4) is 0 Å². The van der Waals surface area contributed by atoms with Gasteiger partial charge in [-0.25, -0.2) is 0 Å². The average molecular weight is 148 g/mol. The average Bonchev–Trinajstić information content (AvgIpc) is 1.88. The summed E-state index contributed by atoms with van der Waals surface area (Å²) in [7, 11) is 0. The van der Waals surface area contributed by atoms with Crippen molar-refractivity contribution in [2.75, 3.05) is 0 Å². The minimum absolute atomic E-state index is 1.04. The van der Waals surface area contributed by atoms with E-state index in [0.29, 0.717) is 0 Å². The maximum Gasteiger partial charge on any atom is -0.0207 e. The Kier molecular flexibility index (Phi) is 3.59. The van der Waals surface area contributed by atoms with Crippen molar-refractivity contribution in [1.29, 1.82) is 0 Å². The lowest BCUT2D eigenvalue weighted by Gasteiger charge is -2.06. The summed E-state index contributed by atoms with van der Waals surface area (Å²) < 4.78 is 0. The maximum absolute atomic E-state index is 3.86. The molecule has 0 fully saturated rings. The van der Waals surface area contributed by atoms with E-state index in [9.17, 15) is 0 Å². The molecule has 0 radical (unpaired) electrons. The minimum Gasteiger partial charge on any atom is -0.0985 e. The summed E-state index contributed by atoms with van der Waals surface area (Å²) in [4.78, 5) is 0. The van der Waals surface area contributed by atoms with Crippen molar-refractivity contribution >= 4 is 0 Å². The first-order valence-corrected chi connectivity index (χ1v) is 3.65. The van der Waals surface area contributed by atoms with Crippen molar-refractivity contribution in [2.24, 2.45) is 0 Å². The third kappa shape index (κ3) is 2.58. The molecule has 0 heterocycles. The smallest absolute Gasteiger partial charge is 0.0207 e. The van der Waals surface area contributed by atoms with Crippen LogP contribution in [0.2, 0.25) is 0 Å². The van der Waals surface area contributed by atoms with Gasteiger partial charge in [-0.1, -0.05) is 37.0 Å². The number of hydrogen-bond donors (Lipinski definition) is 0. The Balaban J connectivity index is 4.99. The van der Waals surface area contributed by atoms with Crippen molar-refractivity contribution in [1.82, 2.24) is 0 Å². The van der Waals surface area contributed by atoms with Crippen LogP contribution in [0.4, 0.5) is 0 Å². The van der Waals surface area contributed by atoms with E-state index in [-0.39, 0.29) is 0 Å². The quantitative estimate of drug-likeness (QED) is 0.536. The summed E-state index contributed by atoms with van der Waals surface area (Å²) >= 11 is 0. The van der Waals surface area contributed by atoms with Crippen LogP contribution in [0.15, 0.2) is 48.1 Å². The largest absolute Gasteiger partial charge is 0.0985 e. The van der Waals surface area contributed by atoms with Gasteiger partial charge in [0.25, 0.3) is 0 Å². The van der Waals surface area contributed by atoms with Gasteiger partial charge in [-0.3, -0.25) is 0 Å². The van der Waals surface area contributed by atoms with Crippen LogP contribution in [0, 0.1) is 0 Å². The Hall–Kier alpha value is -1.04. The van der Waals surface area contributed by atoms with Gasteiger partial charge in [-0.2, -0.15) is 0 Å². The van der Waals surface area contributed by atoms with Crippen LogP contribution in [0.1, 0.15) is 20.8 Å². The minimum atomic E-state index is 1.04. The van der Waals surface area contributed by atoms with E-state index in [2.05, 4.69) is 19.7 Å². The predicted octanol–water partition coefficient (Wildman–Crippen LogP) is 3.64. The van der Waals surface area contributed by atoms with Crippen LogP contribution in [-0.2, 0) is 0 Å². The molecule has 11 heavy (non-hydrogen) atoms. The Morgan fingerprint density at radius 2 is 1.45 bits per heavy atom. The van der Waals surface area contributed by atoms with Crippen LogP contribution in [0.25, 0.3) is 0 Å². The van der Waals surface area contributed by atoms with E-state index >= 15 is 0 Å². The molecule has 0 N–H and O–H groups in total. The zero-order chi connectivity index (χ0) is 9.02. The van der Waals surface area contributed by atoms with Gasteiger partial charge >= 0.3 is 0 Å². The highest BCUT2D eigenvalue weighted by Crippen LogP contribution is 2.18. The molecule has 0 bridgehead atoms. The Labute approximate surface area is 69.6 Å². The Morgan fingerprint density at radius 1 is 1.00 bits per heavy atom. The molecule has 0 aliphatic heterocycles. The molecule has 0 aromatic carbocycles. The summed E-state index contributed by atoms with van der Waals surface area (Å²) in [6.45, 7) is 17.4. The lowest BCUT2D eigenvalue weighted by atomic mass is 9.99. The summed E-state index contributed by atoms with van der Waals surface area (Å²) in [6.07, 6.45) is 1.83. The molecule has 0 aromatic heterocycles. The SMILES string of the molecule is C=C/C(C(=C)C)=C(\C)C(=C)C. The Bertz CT molecular complexity index is 226. The molecule has 0 aliphatic rings. The van der Waals surface area contributed by atoms with Crippen molar-refractivity contribution in [3.63, 3.8) is 0 Å². The van der Waals surface area contributed by atoms with E-state index in [0.717, 1.165) is 16.7 Å². The molecular weight excluding hydrogens is 132 g/mol. The molecule has 0 nitrogen and oxygen atoms in total. The zero-order valence-corrected chi connectivity index (χ0v) is 7.70. The highest BCUT2D eigenvalue weighted by molar-refractivity contribution is 5.45. The van der Waals surface area contributed by atoms with E-state index in [1.807, 2.05) is 26.8 Å². The highest BCUT2D eigenvalue weighted by atomic mass is 14.0. The van der Waals surface area contributed by atoms with Crippen molar-refractivity contribution in [3.05, 3.63) is 48.1 Å². The molecule has 0 rings (SSSR count). The van der Waals surface area contributed by atoms with Gasteiger partial charge in [0.05, 0.1) is 0 Å². The van der Waals surface area contributed by atoms with Gasteiger partial charge in [-0.05, 0) is 31.9 Å². The number of allylic oxidation sites excluding steroid dienone is 5. The fourth-order valence-corrected chi connectivity index (χ4v) is 0.877. The van der Waals surface area contributed by atoms with Crippen LogP contribution >= 0.6 is 0 Å². The molecule has 60 valence electrons. The lowest BCUT2D eigenvalue weighted by Crippen LogP contribution is -1.87. The van der Waals surface area contributed by atoms with Gasteiger partial charge in [0.2, 0.25) is 0 Å². The molecule has 0 atom stereocenters. The molecule has 0 aliphatic carbocycles. The fourth-order valence-electron chi connectivity index (χ4n) is 0.877. The Morgan fingerprint density at radius 3 is 1.55 bits per heavy atom. The van der Waals surface area contributed by atoms with Crippen LogP contribution in [0.5, 0.6) is 0 Å². The summed E-state index contributed by atoms with van der Waals surface area (Å²) in [5.41, 5.74) is 4.40. The molecule has 0 aromatic rings. The molecule has 0 saturated heterocycles. The number of rotatable bonds is 3. The van der Waals surface area contributed by atoms with E-state index in [1.165, 1.54) is 5.57 Å². The first kappa shape index (κ1) is 9.96. The van der Waals surface area contributed by atoms with E-state index in [1.54, 1.807) is 0 Å². The normalized spacial score (nSPS) is 11.9. The van der Waals surface area contributed by atoms with Crippen LogP contribution < -0.4 is 0 Å². The second-order valence-corrected chi connectivity index (χ2v) is 2.80. The second-order valence-electron chi connectivity index (χ2n) is 2.80. The summed E-state index contributed by atoms with van der Waals surface area (Å²) in [6, 6.07) is 0. The number of hydrogen-bond acceptors (Lipinski definition) is 0. The topological polar surface area (TPSA) is 0 Å². The predicted molar refractivity (Wildman–Crippen MR) is 52.5 cm³/mol. The highest BCUT2D eigenvalue weighted by Gasteiger charge is 1.98. The first-order valence-electron chi connectivity index (χ1n) is 3.65. The van der Waals surface area contributed by atoms with Crippen LogP contribution in [-0.4, -0.2) is 0 Å². The zero-order valence-electron chi connectivity index (χ0n) is 7.70. The monoisotopic (exact) mass is 148 g/mol.